The molecule has 2 aromatic rings. The zero-order valence-electron chi connectivity index (χ0n) is 15.7. The second-order valence-corrected chi connectivity index (χ2v) is 7.34. The number of aryl methyl sites for hydroxylation is 1. The van der Waals surface area contributed by atoms with Crippen molar-refractivity contribution in [2.75, 3.05) is 7.05 Å². The molecule has 3 rings (SSSR count). The predicted octanol–water partition coefficient (Wildman–Crippen LogP) is 2.93. The Labute approximate surface area is 157 Å². The number of nitrogens with one attached hydrogen (secondary N) is 1. The zero-order chi connectivity index (χ0) is 19.7. The molecule has 1 aromatic carbocycles. The van der Waals surface area contributed by atoms with E-state index in [2.05, 4.69) is 12.2 Å². The van der Waals surface area contributed by atoms with Crippen LogP contribution in [0.3, 0.4) is 0 Å². The van der Waals surface area contributed by atoms with E-state index in [1.807, 2.05) is 0 Å². The number of pyridine rings is 1. The van der Waals surface area contributed by atoms with E-state index in [4.69, 9.17) is 0 Å². The fraction of sp³-hybridized carbons (Fsp3) is 0.381. The molecule has 27 heavy (non-hydrogen) atoms. The minimum atomic E-state index is -0.529. The number of hydrogen-bond donors (Lipinski definition) is 1. The van der Waals surface area contributed by atoms with Gasteiger partial charge in [-0.25, -0.2) is 4.39 Å². The molecule has 2 atom stereocenters. The van der Waals surface area contributed by atoms with Crippen molar-refractivity contribution < 1.29 is 14.0 Å². The van der Waals surface area contributed by atoms with E-state index in [-0.39, 0.29) is 23.7 Å². The summed E-state index contributed by atoms with van der Waals surface area (Å²) in [6.07, 6.45) is 2.95. The molecular formula is C21H23FN2O3. The number of nitrogens with zero attached hydrogens (tertiary/aromatic N) is 1. The Morgan fingerprint density at radius 3 is 2.59 bits per heavy atom. The Hall–Kier alpha value is -2.76. The van der Waals surface area contributed by atoms with Gasteiger partial charge in [0, 0.05) is 25.2 Å². The van der Waals surface area contributed by atoms with Crippen LogP contribution in [-0.4, -0.2) is 23.3 Å². The topological polar surface area (TPSA) is 68.2 Å². The van der Waals surface area contributed by atoms with Gasteiger partial charge in [0.25, 0.3) is 11.5 Å². The Morgan fingerprint density at radius 1 is 1.30 bits per heavy atom. The van der Waals surface area contributed by atoms with Crippen molar-refractivity contribution in [3.8, 4) is 0 Å². The first kappa shape index (κ1) is 19.0. The van der Waals surface area contributed by atoms with Crippen LogP contribution in [0.25, 0.3) is 0 Å². The molecule has 1 amide bonds. The zero-order valence-corrected chi connectivity index (χ0v) is 15.7. The molecule has 0 bridgehead atoms. The van der Waals surface area contributed by atoms with Crippen LogP contribution in [0.15, 0.2) is 35.3 Å². The first-order chi connectivity index (χ1) is 12.8. The fourth-order valence-corrected chi connectivity index (χ4v) is 3.24. The highest BCUT2D eigenvalue weighted by Crippen LogP contribution is 2.41. The van der Waals surface area contributed by atoms with Gasteiger partial charge in [0.1, 0.15) is 11.4 Å². The summed E-state index contributed by atoms with van der Waals surface area (Å²) < 4.78 is 14.8. The molecule has 1 heterocycles. The monoisotopic (exact) mass is 370 g/mol. The largest absolute Gasteiger partial charge is 0.355 e. The molecule has 2 unspecified atom stereocenters. The smallest absolute Gasteiger partial charge is 0.263 e. The van der Waals surface area contributed by atoms with E-state index in [0.717, 1.165) is 12.0 Å². The maximum Gasteiger partial charge on any atom is 0.263 e. The van der Waals surface area contributed by atoms with Gasteiger partial charge in [-0.2, -0.15) is 0 Å². The van der Waals surface area contributed by atoms with Crippen molar-refractivity contribution in [3.05, 3.63) is 68.9 Å². The summed E-state index contributed by atoms with van der Waals surface area (Å²) in [6, 6.07) is 5.97. The van der Waals surface area contributed by atoms with E-state index < -0.39 is 11.5 Å². The number of benzene rings is 1. The van der Waals surface area contributed by atoms with Crippen LogP contribution in [0.5, 0.6) is 0 Å². The lowest BCUT2D eigenvalue weighted by Crippen LogP contribution is -2.32. The third-order valence-corrected chi connectivity index (χ3v) is 5.18. The highest BCUT2D eigenvalue weighted by atomic mass is 19.1. The number of carbonyl (C=O) groups is 2. The fourth-order valence-electron chi connectivity index (χ4n) is 3.24. The number of rotatable bonds is 6. The lowest BCUT2D eigenvalue weighted by molar-refractivity contribution is 0.0961. The molecule has 5 nitrogen and oxygen atoms in total. The standard InChI is InChI=1S/C21H23FN2O3/c1-12-7-15(12)9-19(25)16-8-17(20(26)23-3)21(27)24(11-16)10-14-4-5-18(22)13(2)6-14/h4-6,8,11-12,15H,7,9-10H2,1-3H3,(H,23,26). The molecule has 1 aromatic heterocycles. The molecule has 1 aliphatic rings. The normalized spacial score (nSPS) is 18.2. The minimum absolute atomic E-state index is 0.0639. The molecule has 6 heteroatoms. The van der Waals surface area contributed by atoms with Crippen LogP contribution in [-0.2, 0) is 6.54 Å². The van der Waals surface area contributed by atoms with Crippen LogP contribution in [0, 0.1) is 24.6 Å². The van der Waals surface area contributed by atoms with Gasteiger partial charge in [-0.1, -0.05) is 19.1 Å². The van der Waals surface area contributed by atoms with E-state index in [0.29, 0.717) is 29.4 Å². The highest BCUT2D eigenvalue weighted by molar-refractivity contribution is 6.00. The van der Waals surface area contributed by atoms with Crippen LogP contribution < -0.4 is 10.9 Å². The number of Topliss-reactive ketones (excluding diaryl/α,β-unsaturated/α-hetero) is 1. The van der Waals surface area contributed by atoms with Gasteiger partial charge in [-0.15, -0.1) is 0 Å². The van der Waals surface area contributed by atoms with Gasteiger partial charge in [0.2, 0.25) is 0 Å². The Kier molecular flexibility index (Phi) is 5.26. The maximum absolute atomic E-state index is 13.5. The van der Waals surface area contributed by atoms with Gasteiger partial charge < -0.3 is 9.88 Å². The highest BCUT2D eigenvalue weighted by Gasteiger charge is 2.34. The lowest BCUT2D eigenvalue weighted by Gasteiger charge is -2.12. The Bertz CT molecular complexity index is 964. The second kappa shape index (κ2) is 7.47. The molecule has 142 valence electrons. The molecule has 1 saturated carbocycles. The number of aromatic nitrogens is 1. The molecular weight excluding hydrogens is 347 g/mol. The number of halogens is 1. The molecule has 0 radical (unpaired) electrons. The summed E-state index contributed by atoms with van der Waals surface area (Å²) in [5, 5.41) is 2.44. The van der Waals surface area contributed by atoms with Crippen LogP contribution >= 0.6 is 0 Å². The predicted molar refractivity (Wildman–Crippen MR) is 101 cm³/mol. The first-order valence-electron chi connectivity index (χ1n) is 9.05. The van der Waals surface area contributed by atoms with Crippen molar-refractivity contribution >= 4 is 11.7 Å². The maximum atomic E-state index is 13.5. The summed E-state index contributed by atoms with van der Waals surface area (Å²) in [7, 11) is 1.44. The van der Waals surface area contributed by atoms with Crippen molar-refractivity contribution in [3.63, 3.8) is 0 Å². The SMILES string of the molecule is CNC(=O)c1cc(C(=O)CC2CC2C)cn(Cc2ccc(F)c(C)c2)c1=O. The number of amides is 1. The van der Waals surface area contributed by atoms with Gasteiger partial charge in [0.05, 0.1) is 6.54 Å². The third-order valence-electron chi connectivity index (χ3n) is 5.18. The molecule has 0 saturated heterocycles. The van der Waals surface area contributed by atoms with Crippen molar-refractivity contribution in [2.45, 2.75) is 33.2 Å². The van der Waals surface area contributed by atoms with Crippen LogP contribution in [0.2, 0.25) is 0 Å². The molecule has 0 aliphatic heterocycles. The summed E-state index contributed by atoms with van der Waals surface area (Å²) >= 11 is 0. The molecule has 0 spiro atoms. The Balaban J connectivity index is 1.98. The molecule has 1 fully saturated rings. The van der Waals surface area contributed by atoms with Gasteiger partial charge >= 0.3 is 0 Å². The van der Waals surface area contributed by atoms with Crippen LogP contribution in [0.1, 0.15) is 51.6 Å². The van der Waals surface area contributed by atoms with Crippen molar-refractivity contribution in [1.29, 1.82) is 0 Å². The first-order valence-corrected chi connectivity index (χ1v) is 9.05. The number of hydrogen-bond acceptors (Lipinski definition) is 3. The second-order valence-electron chi connectivity index (χ2n) is 7.34. The van der Waals surface area contributed by atoms with Gasteiger partial charge in [-0.3, -0.25) is 14.4 Å². The summed E-state index contributed by atoms with van der Waals surface area (Å²) in [5.74, 6) is -0.00169. The minimum Gasteiger partial charge on any atom is -0.355 e. The number of ketones is 1. The summed E-state index contributed by atoms with van der Waals surface area (Å²) in [6.45, 7) is 3.91. The third kappa shape index (κ3) is 4.15. The van der Waals surface area contributed by atoms with Crippen molar-refractivity contribution in [2.24, 2.45) is 11.8 Å². The summed E-state index contributed by atoms with van der Waals surface area (Å²) in [5.41, 5.74) is 1.01. The number of carbonyl (C=O) groups excluding carboxylic acids is 2. The average molecular weight is 370 g/mol. The summed E-state index contributed by atoms with van der Waals surface area (Å²) in [4.78, 5) is 37.4. The van der Waals surface area contributed by atoms with E-state index >= 15 is 0 Å². The molecule has 1 N–H and O–H groups in total. The lowest BCUT2D eigenvalue weighted by atomic mass is 10.0. The average Bonchev–Trinajstić information content (AvgIpc) is 3.33. The van der Waals surface area contributed by atoms with E-state index in [1.165, 1.54) is 29.9 Å². The van der Waals surface area contributed by atoms with E-state index in [1.54, 1.807) is 19.1 Å². The quantitative estimate of drug-likeness (QED) is 0.795. The van der Waals surface area contributed by atoms with E-state index in [9.17, 15) is 18.8 Å². The Morgan fingerprint density at radius 2 is 2.00 bits per heavy atom. The van der Waals surface area contributed by atoms with Crippen molar-refractivity contribution in [1.82, 2.24) is 9.88 Å². The van der Waals surface area contributed by atoms with Crippen LogP contribution in [0.4, 0.5) is 4.39 Å². The van der Waals surface area contributed by atoms with Gasteiger partial charge in [-0.05, 0) is 48.4 Å². The van der Waals surface area contributed by atoms with Gasteiger partial charge in [0.15, 0.2) is 5.78 Å². The molecule has 1 aliphatic carbocycles.